The van der Waals surface area contributed by atoms with Gasteiger partial charge in [-0.05, 0) is 94.6 Å². The molecule has 0 aromatic heterocycles. The topological polar surface area (TPSA) is 88.7 Å². The molecule has 0 unspecified atom stereocenters. The maximum Gasteiger partial charge on any atom is 0.251 e. The highest BCUT2D eigenvalue weighted by molar-refractivity contribution is 6.77. The molecular weight excluding hydrogens is 673 g/mol. The average Bonchev–Trinajstić information content (AvgIpc) is 3.01. The largest absolute Gasteiger partial charge is 0.497 e. The van der Waals surface area contributed by atoms with Gasteiger partial charge in [0.1, 0.15) is 24.1 Å². The van der Waals surface area contributed by atoms with Crippen molar-refractivity contribution < 1.29 is 19.1 Å². The monoisotopic (exact) mass is 725 g/mol. The highest BCUT2D eigenvalue weighted by Gasteiger charge is 2.39. The summed E-state index contributed by atoms with van der Waals surface area (Å²) in [5, 5.41) is 11.0. The Kier molecular flexibility index (Phi) is 13.3. The van der Waals surface area contributed by atoms with Crippen LogP contribution in [0.25, 0.3) is 0 Å². The number of carbonyl (C=O) groups excluding carboxylic acids is 2. The van der Waals surface area contributed by atoms with Gasteiger partial charge < -0.3 is 25.4 Å². The number of amides is 2. The predicted octanol–water partition coefficient (Wildman–Crippen LogP) is 8.77. The predicted molar refractivity (Wildman–Crippen MR) is 204 cm³/mol. The first-order valence-corrected chi connectivity index (χ1v) is 21.5. The Labute approximate surface area is 303 Å². The third kappa shape index (κ3) is 12.1. The van der Waals surface area contributed by atoms with Crippen molar-refractivity contribution in [1.82, 2.24) is 16.0 Å². The van der Waals surface area contributed by atoms with Crippen LogP contribution in [0.2, 0.25) is 29.2 Å². The number of rotatable bonds is 15. The number of nitrogens with one attached hydrogen (secondary N) is 3. The van der Waals surface area contributed by atoms with Crippen molar-refractivity contribution in [3.8, 4) is 11.5 Å². The van der Waals surface area contributed by atoms with E-state index >= 15 is 0 Å². The Morgan fingerprint density at radius 1 is 0.898 bits per heavy atom. The lowest BCUT2D eigenvalue weighted by Crippen LogP contribution is -2.63. The molecule has 1 atom stereocenters. The van der Waals surface area contributed by atoms with Gasteiger partial charge >= 0.3 is 0 Å². The number of ether oxygens (including phenoxy) is 2. The lowest BCUT2D eigenvalue weighted by Gasteiger charge is -2.46. The van der Waals surface area contributed by atoms with Gasteiger partial charge in [-0.2, -0.15) is 0 Å². The van der Waals surface area contributed by atoms with Crippen molar-refractivity contribution in [3.63, 3.8) is 0 Å². The first-order valence-electron chi connectivity index (χ1n) is 17.3. The van der Waals surface area contributed by atoms with Crippen LogP contribution in [0.15, 0.2) is 66.7 Å². The van der Waals surface area contributed by atoms with E-state index in [1.54, 1.807) is 30.3 Å². The zero-order valence-electron chi connectivity index (χ0n) is 30.1. The van der Waals surface area contributed by atoms with Crippen molar-refractivity contribution in [2.45, 2.75) is 116 Å². The van der Waals surface area contributed by atoms with E-state index in [0.717, 1.165) is 35.9 Å². The second kappa shape index (κ2) is 16.8. The molecule has 0 radical (unpaired) electrons. The average molecular weight is 727 g/mol. The van der Waals surface area contributed by atoms with Crippen LogP contribution in [-0.2, 0) is 17.8 Å². The SMILES string of the molecule is CCCC[Si](C)(C)COc1ccc(C(=O)N[C@@H](Cc2ccc(OCc3c(Cl)cccc3Cl)cc2)C(=O)NC2CC(C)(C)NC(C)(C)C2)cc1. The summed E-state index contributed by atoms with van der Waals surface area (Å²) in [4.78, 5) is 27.4. The van der Waals surface area contributed by atoms with Crippen molar-refractivity contribution in [3.05, 3.63) is 93.5 Å². The molecule has 0 spiro atoms. The first kappa shape index (κ1) is 38.8. The van der Waals surface area contributed by atoms with Gasteiger partial charge in [0.25, 0.3) is 5.91 Å². The molecule has 4 rings (SSSR count). The quantitative estimate of drug-likeness (QED) is 0.136. The summed E-state index contributed by atoms with van der Waals surface area (Å²) in [6.45, 7) is 15.7. The Bertz CT molecular complexity index is 1530. The summed E-state index contributed by atoms with van der Waals surface area (Å²) >= 11 is 12.6. The minimum atomic E-state index is -1.45. The molecule has 1 fully saturated rings. The van der Waals surface area contributed by atoms with Gasteiger partial charge in [0.2, 0.25) is 5.91 Å². The summed E-state index contributed by atoms with van der Waals surface area (Å²) in [6, 6.07) is 20.5. The molecule has 3 N–H and O–H groups in total. The van der Waals surface area contributed by atoms with Gasteiger partial charge in [-0.1, -0.05) is 80.3 Å². The number of benzene rings is 3. The fourth-order valence-electron chi connectivity index (χ4n) is 6.67. The van der Waals surface area contributed by atoms with E-state index in [2.05, 4.69) is 63.7 Å². The van der Waals surface area contributed by atoms with Gasteiger partial charge in [-0.3, -0.25) is 9.59 Å². The van der Waals surface area contributed by atoms with Crippen LogP contribution in [0, 0.1) is 0 Å². The molecule has 49 heavy (non-hydrogen) atoms. The van der Waals surface area contributed by atoms with Gasteiger partial charge in [-0.25, -0.2) is 0 Å². The van der Waals surface area contributed by atoms with E-state index in [1.807, 2.05) is 36.4 Å². The second-order valence-electron chi connectivity index (χ2n) is 15.5. The fourth-order valence-corrected chi connectivity index (χ4v) is 9.19. The van der Waals surface area contributed by atoms with Crippen molar-refractivity contribution >= 4 is 43.1 Å². The first-order chi connectivity index (χ1) is 23.0. The van der Waals surface area contributed by atoms with Crippen LogP contribution in [-0.4, -0.2) is 49.3 Å². The second-order valence-corrected chi connectivity index (χ2v) is 21.4. The van der Waals surface area contributed by atoms with Gasteiger partial charge in [0.15, 0.2) is 0 Å². The number of piperidine rings is 1. The molecule has 266 valence electrons. The fraction of sp³-hybridized carbons (Fsp3) is 0.487. The van der Waals surface area contributed by atoms with E-state index in [-0.39, 0.29) is 35.5 Å². The number of carbonyl (C=O) groups is 2. The maximum absolute atomic E-state index is 13.9. The molecule has 0 saturated carbocycles. The van der Waals surface area contributed by atoms with Crippen LogP contribution in [0.5, 0.6) is 11.5 Å². The summed E-state index contributed by atoms with van der Waals surface area (Å²) in [5.74, 6) is 0.868. The van der Waals surface area contributed by atoms with Crippen LogP contribution in [0.4, 0.5) is 0 Å². The van der Waals surface area contributed by atoms with E-state index in [4.69, 9.17) is 32.7 Å². The molecule has 0 bridgehead atoms. The van der Waals surface area contributed by atoms with Crippen molar-refractivity contribution in [2.24, 2.45) is 0 Å². The Morgan fingerprint density at radius 3 is 2.06 bits per heavy atom. The molecule has 0 aliphatic carbocycles. The summed E-state index contributed by atoms with van der Waals surface area (Å²) in [5.41, 5.74) is 1.79. The molecule has 3 aromatic rings. The number of hydrogen-bond acceptors (Lipinski definition) is 5. The number of hydrogen-bond donors (Lipinski definition) is 3. The van der Waals surface area contributed by atoms with Crippen LogP contribution < -0.4 is 25.4 Å². The van der Waals surface area contributed by atoms with Crippen LogP contribution >= 0.6 is 23.2 Å². The molecular formula is C39H53Cl2N3O4Si. The Hall–Kier alpha value is -3.04. The van der Waals surface area contributed by atoms with Crippen LogP contribution in [0.1, 0.15) is 81.8 Å². The lowest BCUT2D eigenvalue weighted by molar-refractivity contribution is -0.124. The highest BCUT2D eigenvalue weighted by Crippen LogP contribution is 2.29. The molecule has 1 heterocycles. The third-order valence-electron chi connectivity index (χ3n) is 8.92. The maximum atomic E-state index is 13.9. The Balaban J connectivity index is 1.45. The third-order valence-corrected chi connectivity index (χ3v) is 12.3. The summed E-state index contributed by atoms with van der Waals surface area (Å²) < 4.78 is 12.1. The zero-order valence-corrected chi connectivity index (χ0v) is 32.6. The van der Waals surface area contributed by atoms with Crippen LogP contribution in [0.3, 0.4) is 0 Å². The summed E-state index contributed by atoms with van der Waals surface area (Å²) in [6.07, 6.45) is 5.02. The normalized spacial score (nSPS) is 16.4. The van der Waals surface area contributed by atoms with Gasteiger partial charge in [0, 0.05) is 44.7 Å². The van der Waals surface area contributed by atoms with E-state index in [0.29, 0.717) is 27.8 Å². The lowest BCUT2D eigenvalue weighted by atomic mass is 9.79. The van der Waals surface area contributed by atoms with E-state index in [1.165, 1.54) is 18.9 Å². The highest BCUT2D eigenvalue weighted by atomic mass is 35.5. The van der Waals surface area contributed by atoms with Gasteiger partial charge in [-0.15, -0.1) is 0 Å². The minimum Gasteiger partial charge on any atom is -0.497 e. The molecule has 10 heteroatoms. The number of unbranched alkanes of at least 4 members (excludes halogenated alkanes) is 1. The summed E-state index contributed by atoms with van der Waals surface area (Å²) in [7, 11) is -1.45. The van der Waals surface area contributed by atoms with Gasteiger partial charge in [0.05, 0.1) is 14.3 Å². The van der Waals surface area contributed by atoms with Crippen molar-refractivity contribution in [2.75, 3.05) is 6.23 Å². The molecule has 1 aliphatic heterocycles. The van der Waals surface area contributed by atoms with E-state index in [9.17, 15) is 9.59 Å². The Morgan fingerprint density at radius 2 is 1.47 bits per heavy atom. The minimum absolute atomic E-state index is 0.0351. The molecule has 7 nitrogen and oxygen atoms in total. The molecule has 1 aliphatic rings. The number of halogens is 2. The molecule has 3 aromatic carbocycles. The van der Waals surface area contributed by atoms with E-state index < -0.39 is 14.1 Å². The zero-order chi connectivity index (χ0) is 35.8. The van der Waals surface area contributed by atoms with Crippen molar-refractivity contribution in [1.29, 1.82) is 0 Å². The smallest absolute Gasteiger partial charge is 0.251 e. The standard InChI is InChI=1S/C39H53Cl2N3O4Si/c1-8-9-21-49(6,7)26-48-31-19-15-28(16-20-31)36(45)43-35(37(46)42-29-23-38(2,3)44-39(4,5)24-29)22-27-13-17-30(18-14-27)47-25-32-33(40)11-10-12-34(32)41/h10-20,29,35,44H,8-9,21-26H2,1-7H3,(H,42,46)(H,43,45)/t35-/m0/s1. The molecule has 1 saturated heterocycles. The molecule has 2 amide bonds.